The molecule has 0 saturated heterocycles. The van der Waals surface area contributed by atoms with Gasteiger partial charge in [-0.3, -0.25) is 4.99 Å². The van der Waals surface area contributed by atoms with E-state index in [1.54, 1.807) is 7.11 Å². The molecule has 3 N–H and O–H groups in total. The molecule has 0 heterocycles. The van der Waals surface area contributed by atoms with Crippen molar-refractivity contribution in [3.63, 3.8) is 0 Å². The van der Waals surface area contributed by atoms with Gasteiger partial charge in [0.25, 0.3) is 0 Å². The lowest BCUT2D eigenvalue weighted by Crippen LogP contribution is -2.48. The van der Waals surface area contributed by atoms with E-state index in [1.165, 1.54) is 38.5 Å². The summed E-state index contributed by atoms with van der Waals surface area (Å²) in [6, 6.07) is 0.222. The summed E-state index contributed by atoms with van der Waals surface area (Å²) >= 11 is 0. The highest BCUT2D eigenvalue weighted by Gasteiger charge is 2.50. The number of nitrogens with zero attached hydrogens (tertiary/aromatic N) is 1. The largest absolute Gasteiger partial charge is 0.383 e. The molecule has 114 valence electrons. The summed E-state index contributed by atoms with van der Waals surface area (Å²) in [6.45, 7) is 3.65. The highest BCUT2D eigenvalue weighted by Crippen LogP contribution is 2.60. The number of nitrogens with one attached hydrogen (secondary N) is 1. The van der Waals surface area contributed by atoms with Gasteiger partial charge in [0.15, 0.2) is 5.96 Å². The van der Waals surface area contributed by atoms with Crippen molar-refractivity contribution in [2.45, 2.75) is 51.5 Å². The average molecular weight is 279 g/mol. The molecule has 1 unspecified atom stereocenters. The van der Waals surface area contributed by atoms with Crippen molar-refractivity contribution in [1.82, 2.24) is 5.32 Å². The first-order chi connectivity index (χ1) is 9.58. The maximum absolute atomic E-state index is 6.02. The molecule has 4 heteroatoms. The number of ether oxygens (including phenoxy) is 1. The van der Waals surface area contributed by atoms with E-state index >= 15 is 0 Å². The average Bonchev–Trinajstić information content (AvgIpc) is 2.35. The molecule has 0 amide bonds. The van der Waals surface area contributed by atoms with Crippen LogP contribution in [0.5, 0.6) is 0 Å². The Morgan fingerprint density at radius 1 is 1.25 bits per heavy atom. The molecular weight excluding hydrogens is 250 g/mol. The lowest BCUT2D eigenvalue weighted by Gasteiger charge is -2.56. The van der Waals surface area contributed by atoms with Gasteiger partial charge in [0.05, 0.1) is 6.61 Å². The van der Waals surface area contributed by atoms with Gasteiger partial charge in [0.1, 0.15) is 0 Å². The summed E-state index contributed by atoms with van der Waals surface area (Å²) in [7, 11) is 1.71. The van der Waals surface area contributed by atoms with E-state index in [-0.39, 0.29) is 6.04 Å². The number of hydrogen-bond acceptors (Lipinski definition) is 2. The minimum absolute atomic E-state index is 0.222. The third kappa shape index (κ3) is 2.95. The fourth-order valence-corrected chi connectivity index (χ4v) is 5.33. The van der Waals surface area contributed by atoms with Gasteiger partial charge in [0, 0.05) is 19.7 Å². The van der Waals surface area contributed by atoms with Gasteiger partial charge in [-0.15, -0.1) is 0 Å². The summed E-state index contributed by atoms with van der Waals surface area (Å²) in [4.78, 5) is 4.66. The zero-order chi connectivity index (χ0) is 14.2. The Kier molecular flexibility index (Phi) is 3.93. The van der Waals surface area contributed by atoms with E-state index in [9.17, 15) is 0 Å². The Labute approximate surface area is 122 Å². The third-order valence-corrected chi connectivity index (χ3v) is 5.56. The maximum atomic E-state index is 6.02. The molecule has 4 aliphatic carbocycles. The summed E-state index contributed by atoms with van der Waals surface area (Å²) in [5.74, 6) is 3.54. The predicted octanol–water partition coefficient (Wildman–Crippen LogP) is 2.14. The Bertz CT molecular complexity index is 345. The quantitative estimate of drug-likeness (QED) is 0.599. The van der Waals surface area contributed by atoms with Crippen LogP contribution in [0, 0.1) is 23.2 Å². The molecule has 0 aromatic rings. The second-order valence-corrected chi connectivity index (χ2v) is 7.62. The van der Waals surface area contributed by atoms with Gasteiger partial charge in [-0.05, 0) is 68.6 Å². The fourth-order valence-electron chi connectivity index (χ4n) is 5.33. The van der Waals surface area contributed by atoms with Crippen molar-refractivity contribution in [3.05, 3.63) is 0 Å². The van der Waals surface area contributed by atoms with Gasteiger partial charge in [0.2, 0.25) is 0 Å². The molecule has 4 rings (SSSR count). The van der Waals surface area contributed by atoms with Gasteiger partial charge < -0.3 is 15.8 Å². The smallest absolute Gasteiger partial charge is 0.188 e. The molecule has 4 aliphatic rings. The van der Waals surface area contributed by atoms with E-state index in [1.807, 2.05) is 0 Å². The number of hydrogen-bond donors (Lipinski definition) is 2. The van der Waals surface area contributed by atoms with Gasteiger partial charge >= 0.3 is 0 Å². The minimum Gasteiger partial charge on any atom is -0.383 e. The second-order valence-electron chi connectivity index (χ2n) is 7.62. The predicted molar refractivity (Wildman–Crippen MR) is 81.6 cm³/mol. The lowest BCUT2D eigenvalue weighted by atomic mass is 9.49. The summed E-state index contributed by atoms with van der Waals surface area (Å²) < 4.78 is 5.11. The van der Waals surface area contributed by atoms with Crippen LogP contribution in [0.1, 0.15) is 45.4 Å². The standard InChI is InChI=1S/C16H29N3O/c1-11(9-20-2)19-15(17)18-10-16-6-12-3-13(7-16)5-14(4-12)8-16/h11-14H,3-10H2,1-2H3,(H3,17,18,19). The molecule has 20 heavy (non-hydrogen) atoms. The lowest BCUT2D eigenvalue weighted by molar-refractivity contribution is -0.0465. The Hall–Kier alpha value is -0.770. The molecule has 4 fully saturated rings. The van der Waals surface area contributed by atoms with Crippen LogP contribution in [0.15, 0.2) is 4.99 Å². The first-order valence-electron chi connectivity index (χ1n) is 8.14. The van der Waals surface area contributed by atoms with Crippen LogP contribution in [0.25, 0.3) is 0 Å². The topological polar surface area (TPSA) is 59.6 Å². The normalized spacial score (nSPS) is 40.9. The number of nitrogens with two attached hydrogens (primary N) is 1. The molecule has 0 radical (unpaired) electrons. The highest BCUT2D eigenvalue weighted by atomic mass is 16.5. The van der Waals surface area contributed by atoms with Crippen molar-refractivity contribution in [2.75, 3.05) is 20.3 Å². The molecule has 0 aromatic heterocycles. The summed E-state index contributed by atoms with van der Waals surface area (Å²) in [5.41, 5.74) is 6.50. The van der Waals surface area contributed by atoms with Crippen molar-refractivity contribution >= 4 is 5.96 Å². The van der Waals surface area contributed by atoms with E-state index in [0.717, 1.165) is 24.3 Å². The van der Waals surface area contributed by atoms with Crippen LogP contribution >= 0.6 is 0 Å². The Morgan fingerprint density at radius 2 is 1.80 bits per heavy atom. The number of rotatable bonds is 5. The van der Waals surface area contributed by atoms with E-state index in [2.05, 4.69) is 17.2 Å². The van der Waals surface area contributed by atoms with Gasteiger partial charge in [-0.2, -0.15) is 0 Å². The monoisotopic (exact) mass is 279 g/mol. The van der Waals surface area contributed by atoms with E-state index < -0.39 is 0 Å². The third-order valence-electron chi connectivity index (χ3n) is 5.56. The highest BCUT2D eigenvalue weighted by molar-refractivity contribution is 5.78. The molecule has 1 atom stereocenters. The molecule has 0 aromatic carbocycles. The van der Waals surface area contributed by atoms with E-state index in [4.69, 9.17) is 10.5 Å². The van der Waals surface area contributed by atoms with Crippen LogP contribution in [-0.2, 0) is 4.74 Å². The first kappa shape index (κ1) is 14.2. The number of aliphatic imine (C=N–C) groups is 1. The van der Waals surface area contributed by atoms with Crippen LogP contribution in [0.4, 0.5) is 0 Å². The van der Waals surface area contributed by atoms with Gasteiger partial charge in [-0.1, -0.05) is 0 Å². The Morgan fingerprint density at radius 3 is 2.30 bits per heavy atom. The molecule has 0 spiro atoms. The first-order valence-corrected chi connectivity index (χ1v) is 8.14. The van der Waals surface area contributed by atoms with Crippen molar-refractivity contribution in [1.29, 1.82) is 0 Å². The van der Waals surface area contributed by atoms with Crippen LogP contribution < -0.4 is 11.1 Å². The van der Waals surface area contributed by atoms with Crippen LogP contribution in [-0.4, -0.2) is 32.3 Å². The summed E-state index contributed by atoms with van der Waals surface area (Å²) in [6.07, 6.45) is 8.64. The van der Waals surface area contributed by atoms with Gasteiger partial charge in [-0.25, -0.2) is 0 Å². The SMILES string of the molecule is COCC(C)NC(N)=NCC12CC3CC(CC(C3)C1)C2. The number of methoxy groups -OCH3 is 1. The molecule has 4 saturated carbocycles. The molecule has 4 bridgehead atoms. The zero-order valence-corrected chi connectivity index (χ0v) is 12.9. The molecule has 4 nitrogen and oxygen atoms in total. The van der Waals surface area contributed by atoms with Crippen LogP contribution in [0.3, 0.4) is 0 Å². The molecular formula is C16H29N3O. The maximum Gasteiger partial charge on any atom is 0.188 e. The van der Waals surface area contributed by atoms with Crippen molar-refractivity contribution < 1.29 is 4.74 Å². The molecule has 0 aliphatic heterocycles. The Balaban J connectivity index is 1.57. The minimum atomic E-state index is 0.222. The van der Waals surface area contributed by atoms with E-state index in [0.29, 0.717) is 18.0 Å². The fraction of sp³-hybridized carbons (Fsp3) is 0.938. The van der Waals surface area contributed by atoms with Crippen molar-refractivity contribution in [2.24, 2.45) is 33.9 Å². The summed E-state index contributed by atoms with van der Waals surface area (Å²) in [5, 5.41) is 3.22. The zero-order valence-electron chi connectivity index (χ0n) is 12.9. The number of guanidine groups is 1. The van der Waals surface area contributed by atoms with Crippen LogP contribution in [0.2, 0.25) is 0 Å². The second kappa shape index (κ2) is 5.55. The van der Waals surface area contributed by atoms with Crippen molar-refractivity contribution in [3.8, 4) is 0 Å².